The van der Waals surface area contributed by atoms with Crippen molar-refractivity contribution in [3.8, 4) is 0 Å². The van der Waals surface area contributed by atoms with E-state index < -0.39 is 18.0 Å². The van der Waals surface area contributed by atoms with Crippen LogP contribution in [0.2, 0.25) is 0 Å². The molecule has 0 N–H and O–H groups in total. The lowest BCUT2D eigenvalue weighted by atomic mass is 10.0. The molecule has 0 radical (unpaired) electrons. The Hall–Kier alpha value is -3.48. The van der Waals surface area contributed by atoms with Crippen LogP contribution in [0, 0.1) is 0 Å². The molecule has 1 aromatic carbocycles. The minimum absolute atomic E-state index is 0.0668. The maximum absolute atomic E-state index is 12.6. The Balaban J connectivity index is 1.89. The van der Waals surface area contributed by atoms with Gasteiger partial charge in [0.25, 0.3) is 0 Å². The SMILES string of the molecule is CCOC(=O)C(C(=O)OCC)N1C=CC(=C2C(=O)c3ccccc3C2=O)C=C1. The van der Waals surface area contributed by atoms with Crippen molar-refractivity contribution < 1.29 is 28.7 Å². The molecule has 0 atom stereocenters. The van der Waals surface area contributed by atoms with E-state index >= 15 is 0 Å². The molecule has 0 saturated heterocycles. The van der Waals surface area contributed by atoms with E-state index in [-0.39, 0.29) is 30.4 Å². The van der Waals surface area contributed by atoms with Gasteiger partial charge in [-0.15, -0.1) is 0 Å². The summed E-state index contributed by atoms with van der Waals surface area (Å²) in [6, 6.07) is 5.34. The molecule has 0 bridgehead atoms. The van der Waals surface area contributed by atoms with Gasteiger partial charge in [0, 0.05) is 23.5 Å². The fourth-order valence-corrected chi connectivity index (χ4v) is 3.07. The van der Waals surface area contributed by atoms with Crippen LogP contribution in [0.25, 0.3) is 0 Å². The first-order chi connectivity index (χ1) is 13.5. The summed E-state index contributed by atoms with van der Waals surface area (Å²) in [5.41, 5.74) is 1.22. The number of nitrogens with zero attached hydrogens (tertiary/aromatic N) is 1. The molecule has 1 aromatic rings. The van der Waals surface area contributed by atoms with Gasteiger partial charge < -0.3 is 14.4 Å². The molecule has 0 aromatic heterocycles. The lowest BCUT2D eigenvalue weighted by Gasteiger charge is -2.26. The highest BCUT2D eigenvalue weighted by Crippen LogP contribution is 2.30. The van der Waals surface area contributed by atoms with E-state index in [0.717, 1.165) is 0 Å². The summed E-state index contributed by atoms with van der Waals surface area (Å²) in [4.78, 5) is 50.9. The molecular weight excluding hydrogens is 362 g/mol. The van der Waals surface area contributed by atoms with Crippen LogP contribution in [0.5, 0.6) is 0 Å². The second-order valence-corrected chi connectivity index (χ2v) is 6.02. The lowest BCUT2D eigenvalue weighted by Crippen LogP contribution is -2.44. The lowest BCUT2D eigenvalue weighted by molar-refractivity contribution is -0.161. The number of benzene rings is 1. The molecule has 7 heteroatoms. The van der Waals surface area contributed by atoms with Crippen LogP contribution in [0.15, 0.2) is 60.0 Å². The first kappa shape index (κ1) is 19.3. The highest BCUT2D eigenvalue weighted by Gasteiger charge is 2.36. The molecule has 7 nitrogen and oxygen atoms in total. The van der Waals surface area contributed by atoms with Crippen LogP contribution in [0.1, 0.15) is 34.6 Å². The van der Waals surface area contributed by atoms with Crippen molar-refractivity contribution in [3.05, 3.63) is 71.1 Å². The van der Waals surface area contributed by atoms with E-state index in [1.807, 2.05) is 0 Å². The van der Waals surface area contributed by atoms with Crippen molar-refractivity contribution >= 4 is 23.5 Å². The Morgan fingerprint density at radius 1 is 0.893 bits per heavy atom. The Kier molecular flexibility index (Phi) is 5.54. The van der Waals surface area contributed by atoms with Gasteiger partial charge in [-0.2, -0.15) is 0 Å². The Labute approximate surface area is 161 Å². The molecule has 1 heterocycles. The van der Waals surface area contributed by atoms with Gasteiger partial charge in [0.15, 0.2) is 11.6 Å². The topological polar surface area (TPSA) is 90.0 Å². The van der Waals surface area contributed by atoms with Gasteiger partial charge in [-0.05, 0) is 31.6 Å². The average molecular weight is 381 g/mol. The maximum atomic E-state index is 12.6. The second-order valence-electron chi connectivity index (χ2n) is 6.02. The number of ketones is 2. The first-order valence-electron chi connectivity index (χ1n) is 8.89. The Bertz CT molecular complexity index is 869. The summed E-state index contributed by atoms with van der Waals surface area (Å²) in [5, 5.41) is 0. The van der Waals surface area contributed by atoms with Crippen molar-refractivity contribution in [1.29, 1.82) is 0 Å². The molecule has 2 aliphatic rings. The van der Waals surface area contributed by atoms with Gasteiger partial charge in [0.05, 0.1) is 18.8 Å². The van der Waals surface area contributed by atoms with Gasteiger partial charge in [-0.25, -0.2) is 9.59 Å². The quantitative estimate of drug-likeness (QED) is 0.334. The Morgan fingerprint density at radius 2 is 1.36 bits per heavy atom. The number of ether oxygens (including phenoxy) is 2. The smallest absolute Gasteiger partial charge is 0.340 e. The molecule has 1 aliphatic carbocycles. The van der Waals surface area contributed by atoms with Crippen LogP contribution in [-0.2, 0) is 19.1 Å². The van der Waals surface area contributed by atoms with E-state index in [2.05, 4.69) is 0 Å². The van der Waals surface area contributed by atoms with Crippen molar-refractivity contribution in [2.75, 3.05) is 13.2 Å². The summed E-state index contributed by atoms with van der Waals surface area (Å²) < 4.78 is 9.92. The third-order valence-electron chi connectivity index (χ3n) is 4.33. The number of hydrogen-bond acceptors (Lipinski definition) is 7. The van der Waals surface area contributed by atoms with E-state index in [9.17, 15) is 19.2 Å². The fraction of sp³-hybridized carbons (Fsp3) is 0.238. The van der Waals surface area contributed by atoms with Gasteiger partial charge in [-0.1, -0.05) is 24.3 Å². The average Bonchev–Trinajstić information content (AvgIpc) is 2.94. The van der Waals surface area contributed by atoms with E-state index in [1.54, 1.807) is 38.1 Å². The normalized spacial score (nSPS) is 15.3. The third-order valence-corrected chi connectivity index (χ3v) is 4.33. The number of carbonyl (C=O) groups is 4. The summed E-state index contributed by atoms with van der Waals surface area (Å²) in [6.07, 6.45) is 5.93. The number of esters is 2. The highest BCUT2D eigenvalue weighted by molar-refractivity contribution is 6.40. The molecule has 1 aliphatic heterocycles. The van der Waals surface area contributed by atoms with Crippen molar-refractivity contribution in [1.82, 2.24) is 4.90 Å². The minimum Gasteiger partial charge on any atom is -0.464 e. The minimum atomic E-state index is -1.30. The summed E-state index contributed by atoms with van der Waals surface area (Å²) in [5.74, 6) is -2.17. The summed E-state index contributed by atoms with van der Waals surface area (Å²) in [6.45, 7) is 3.51. The first-order valence-corrected chi connectivity index (χ1v) is 8.89. The number of hydrogen-bond donors (Lipinski definition) is 0. The molecule has 0 fully saturated rings. The predicted octanol–water partition coefficient (Wildman–Crippen LogP) is 2.20. The number of rotatable bonds is 5. The van der Waals surface area contributed by atoms with Crippen molar-refractivity contribution in [2.24, 2.45) is 0 Å². The number of allylic oxidation sites excluding steroid dienone is 4. The van der Waals surface area contributed by atoms with Gasteiger partial charge in [0.2, 0.25) is 6.04 Å². The van der Waals surface area contributed by atoms with Gasteiger partial charge in [0.1, 0.15) is 0 Å². The molecule has 144 valence electrons. The number of Topliss-reactive ketones (excluding diaryl/α,β-unsaturated/α-hetero) is 2. The van der Waals surface area contributed by atoms with Gasteiger partial charge >= 0.3 is 11.9 Å². The van der Waals surface area contributed by atoms with E-state index in [1.165, 1.54) is 29.5 Å². The molecule has 0 spiro atoms. The zero-order chi connectivity index (χ0) is 20.3. The van der Waals surface area contributed by atoms with Crippen molar-refractivity contribution in [2.45, 2.75) is 19.9 Å². The van der Waals surface area contributed by atoms with Crippen LogP contribution in [0.4, 0.5) is 0 Å². The molecule has 28 heavy (non-hydrogen) atoms. The highest BCUT2D eigenvalue weighted by atomic mass is 16.6. The second kappa shape index (κ2) is 8.04. The predicted molar refractivity (Wildman–Crippen MR) is 99.3 cm³/mol. The van der Waals surface area contributed by atoms with Crippen LogP contribution >= 0.6 is 0 Å². The third kappa shape index (κ3) is 3.38. The van der Waals surface area contributed by atoms with Crippen LogP contribution in [0.3, 0.4) is 0 Å². The van der Waals surface area contributed by atoms with Crippen LogP contribution in [-0.4, -0.2) is 47.7 Å². The van der Waals surface area contributed by atoms with Crippen molar-refractivity contribution in [3.63, 3.8) is 0 Å². The summed E-state index contributed by atoms with van der Waals surface area (Å²) in [7, 11) is 0. The molecule has 0 saturated carbocycles. The molecule has 0 amide bonds. The maximum Gasteiger partial charge on any atom is 0.340 e. The fourth-order valence-electron chi connectivity index (χ4n) is 3.07. The monoisotopic (exact) mass is 381 g/mol. The summed E-state index contributed by atoms with van der Waals surface area (Å²) >= 11 is 0. The van der Waals surface area contributed by atoms with E-state index in [4.69, 9.17) is 9.47 Å². The van der Waals surface area contributed by atoms with Gasteiger partial charge in [-0.3, -0.25) is 9.59 Å². The molecule has 0 unspecified atom stereocenters. The zero-order valence-corrected chi connectivity index (χ0v) is 15.5. The number of carbonyl (C=O) groups excluding carboxylic acids is 4. The largest absolute Gasteiger partial charge is 0.464 e. The van der Waals surface area contributed by atoms with E-state index in [0.29, 0.717) is 16.7 Å². The Morgan fingerprint density at radius 3 is 1.79 bits per heavy atom. The zero-order valence-electron chi connectivity index (χ0n) is 15.5. The number of fused-ring (bicyclic) bond motifs is 1. The molecule has 3 rings (SSSR count). The standard InChI is InChI=1S/C21H19NO6/c1-3-27-20(25)17(21(26)28-4-2)22-11-9-13(10-12-22)16-18(23)14-7-5-6-8-15(14)19(16)24/h5-12,17H,3-4H2,1-2H3. The van der Waals surface area contributed by atoms with Crippen LogP contribution < -0.4 is 0 Å². The molecular formula is C21H19NO6.